The first-order valence-electron chi connectivity index (χ1n) is 8.62. The Balaban J connectivity index is 2.41. The van der Waals surface area contributed by atoms with Crippen LogP contribution in [0.2, 0.25) is 0 Å². The van der Waals surface area contributed by atoms with Gasteiger partial charge in [0.15, 0.2) is 0 Å². The largest absolute Gasteiger partial charge is 0.339 e. The fourth-order valence-corrected chi connectivity index (χ4v) is 3.82. The second-order valence-electron chi connectivity index (χ2n) is 5.91. The van der Waals surface area contributed by atoms with Gasteiger partial charge in [-0.05, 0) is 37.5 Å². The maximum Gasteiger partial charge on any atom is 0.274 e. The van der Waals surface area contributed by atoms with Gasteiger partial charge >= 0.3 is 0 Å². The van der Waals surface area contributed by atoms with Crippen molar-refractivity contribution >= 4 is 40.5 Å². The molecule has 0 atom stereocenters. The highest BCUT2D eigenvalue weighted by Gasteiger charge is 2.35. The summed E-state index contributed by atoms with van der Waals surface area (Å²) in [6, 6.07) is 7.33. The van der Waals surface area contributed by atoms with Gasteiger partial charge in [-0.25, -0.2) is 0 Å². The van der Waals surface area contributed by atoms with Gasteiger partial charge in [0.05, 0.1) is 17.1 Å². The molecule has 0 unspecified atom stereocenters. The van der Waals surface area contributed by atoms with Gasteiger partial charge in [0.1, 0.15) is 11.6 Å². The Bertz CT molecular complexity index is 841. The summed E-state index contributed by atoms with van der Waals surface area (Å²) < 4.78 is 2.02. The number of nitrogens with zero attached hydrogens (tertiary/aromatic N) is 2. The number of rotatable bonds is 4. The maximum atomic E-state index is 13.0. The molecule has 6 heteroatoms. The Morgan fingerprint density at radius 3 is 2.48 bits per heavy atom. The molecule has 2 heterocycles. The summed E-state index contributed by atoms with van der Waals surface area (Å²) in [7, 11) is 0. The van der Waals surface area contributed by atoms with Crippen LogP contribution >= 0.6 is 11.6 Å². The zero-order valence-electron chi connectivity index (χ0n) is 14.7. The number of hydrogen-bond donors (Lipinski definition) is 1. The molecule has 3 rings (SSSR count). The molecule has 0 saturated heterocycles. The zero-order valence-corrected chi connectivity index (χ0v) is 15.5. The average Bonchev–Trinajstić information content (AvgIpc) is 2.89. The molecule has 1 aromatic carbocycles. The molecule has 0 fully saturated rings. The number of carbonyl (C=O) groups excluding carboxylic acids is 2. The molecule has 0 radical (unpaired) electrons. The van der Waals surface area contributed by atoms with Crippen LogP contribution in [-0.4, -0.2) is 22.3 Å². The molecule has 5 nitrogen and oxygen atoms in total. The third-order valence-electron chi connectivity index (χ3n) is 4.65. The summed E-state index contributed by atoms with van der Waals surface area (Å²) in [5.41, 5.74) is 4.61. The van der Waals surface area contributed by atoms with Crippen molar-refractivity contribution in [3.8, 4) is 0 Å². The van der Waals surface area contributed by atoms with E-state index in [0.29, 0.717) is 29.3 Å². The number of halogens is 1. The highest BCUT2D eigenvalue weighted by Crippen LogP contribution is 2.42. The molecule has 0 saturated carbocycles. The van der Waals surface area contributed by atoms with Gasteiger partial charge in [-0.3, -0.25) is 14.5 Å². The Labute approximate surface area is 152 Å². The van der Waals surface area contributed by atoms with E-state index in [-0.39, 0.29) is 17.7 Å². The van der Waals surface area contributed by atoms with Crippen LogP contribution in [0, 0.1) is 0 Å². The molecule has 1 aliphatic rings. The minimum Gasteiger partial charge on any atom is -0.339 e. The monoisotopic (exact) mass is 359 g/mol. The molecule has 1 aromatic heterocycles. The smallest absolute Gasteiger partial charge is 0.274 e. The van der Waals surface area contributed by atoms with E-state index in [1.54, 1.807) is 11.0 Å². The van der Waals surface area contributed by atoms with Crippen LogP contribution in [0.25, 0.3) is 0 Å². The van der Waals surface area contributed by atoms with Gasteiger partial charge in [-0.15, -0.1) is 11.6 Å². The average molecular weight is 360 g/mol. The SMILES string of the molecule is CCc1c2c(n(CC)c1CC)C(=O)Nc1ccccc1N2C(=O)CCl. The number of carbonyl (C=O) groups is 2. The summed E-state index contributed by atoms with van der Waals surface area (Å²) in [6.45, 7) is 6.79. The van der Waals surface area contributed by atoms with E-state index >= 15 is 0 Å². The van der Waals surface area contributed by atoms with Crippen LogP contribution in [0.15, 0.2) is 24.3 Å². The van der Waals surface area contributed by atoms with E-state index in [1.807, 2.05) is 36.6 Å². The predicted octanol–water partition coefficient (Wildman–Crippen LogP) is 4.10. The number of alkyl halides is 1. The van der Waals surface area contributed by atoms with Gasteiger partial charge in [-0.2, -0.15) is 0 Å². The van der Waals surface area contributed by atoms with E-state index in [0.717, 1.165) is 24.1 Å². The number of amides is 2. The summed E-state index contributed by atoms with van der Waals surface area (Å²) >= 11 is 5.91. The van der Waals surface area contributed by atoms with E-state index in [9.17, 15) is 9.59 Å². The van der Waals surface area contributed by atoms with Crippen LogP contribution in [0.5, 0.6) is 0 Å². The van der Waals surface area contributed by atoms with Gasteiger partial charge in [0.25, 0.3) is 5.91 Å². The maximum absolute atomic E-state index is 13.0. The van der Waals surface area contributed by atoms with Crippen molar-refractivity contribution in [2.24, 2.45) is 0 Å². The van der Waals surface area contributed by atoms with Crippen molar-refractivity contribution in [1.82, 2.24) is 4.57 Å². The number of fused-ring (bicyclic) bond motifs is 2. The van der Waals surface area contributed by atoms with Crippen molar-refractivity contribution in [3.05, 3.63) is 41.2 Å². The molecular formula is C19H22ClN3O2. The summed E-state index contributed by atoms with van der Waals surface area (Å²) in [6.07, 6.45) is 1.53. The third-order valence-corrected chi connectivity index (χ3v) is 4.88. The van der Waals surface area contributed by atoms with E-state index in [2.05, 4.69) is 12.2 Å². The van der Waals surface area contributed by atoms with E-state index in [1.165, 1.54) is 0 Å². The minimum atomic E-state index is -0.238. The van der Waals surface area contributed by atoms with Crippen LogP contribution in [-0.2, 0) is 24.2 Å². The van der Waals surface area contributed by atoms with Crippen molar-refractivity contribution in [3.63, 3.8) is 0 Å². The molecule has 132 valence electrons. The highest BCUT2D eigenvalue weighted by atomic mass is 35.5. The minimum absolute atomic E-state index is 0.149. The first-order chi connectivity index (χ1) is 12.1. The lowest BCUT2D eigenvalue weighted by molar-refractivity contribution is -0.115. The number of anilines is 3. The Morgan fingerprint density at radius 2 is 1.88 bits per heavy atom. The lowest BCUT2D eigenvalue weighted by atomic mass is 10.1. The molecule has 0 spiro atoms. The van der Waals surface area contributed by atoms with E-state index < -0.39 is 0 Å². The third kappa shape index (κ3) is 2.63. The summed E-state index contributed by atoms with van der Waals surface area (Å²) in [5, 5.41) is 2.95. The van der Waals surface area contributed by atoms with E-state index in [4.69, 9.17) is 11.6 Å². The van der Waals surface area contributed by atoms with Gasteiger partial charge in [0, 0.05) is 12.2 Å². The molecule has 2 amide bonds. The van der Waals surface area contributed by atoms with Crippen LogP contribution in [0.4, 0.5) is 17.1 Å². The van der Waals surface area contributed by atoms with Crippen molar-refractivity contribution in [2.45, 2.75) is 40.2 Å². The molecule has 1 aliphatic heterocycles. The van der Waals surface area contributed by atoms with Gasteiger partial charge in [-0.1, -0.05) is 26.0 Å². The zero-order chi connectivity index (χ0) is 18.1. The highest BCUT2D eigenvalue weighted by molar-refractivity contribution is 6.31. The fraction of sp³-hybridized carbons (Fsp3) is 0.368. The molecular weight excluding hydrogens is 338 g/mol. The molecule has 1 N–H and O–H groups in total. The Hall–Kier alpha value is -2.27. The summed E-state index contributed by atoms with van der Waals surface area (Å²) in [4.78, 5) is 27.4. The van der Waals surface area contributed by atoms with Crippen molar-refractivity contribution in [1.29, 1.82) is 0 Å². The fourth-order valence-electron chi connectivity index (χ4n) is 3.70. The number of para-hydroxylation sites is 2. The normalized spacial score (nSPS) is 13.1. The second-order valence-corrected chi connectivity index (χ2v) is 6.18. The lowest BCUT2D eigenvalue weighted by Gasteiger charge is -2.23. The number of hydrogen-bond acceptors (Lipinski definition) is 2. The molecule has 0 aliphatic carbocycles. The number of nitrogens with one attached hydrogen (secondary N) is 1. The molecule has 25 heavy (non-hydrogen) atoms. The predicted molar refractivity (Wildman–Crippen MR) is 101 cm³/mol. The number of benzene rings is 1. The van der Waals surface area contributed by atoms with Gasteiger partial charge < -0.3 is 9.88 Å². The number of aromatic nitrogens is 1. The quantitative estimate of drug-likeness (QED) is 0.835. The van der Waals surface area contributed by atoms with Crippen LogP contribution in [0.3, 0.4) is 0 Å². The van der Waals surface area contributed by atoms with Crippen LogP contribution < -0.4 is 10.2 Å². The Morgan fingerprint density at radius 1 is 1.16 bits per heavy atom. The first-order valence-corrected chi connectivity index (χ1v) is 9.15. The standard InChI is InChI=1S/C19H22ClN3O2/c1-4-12-14(5-2)22(6-3)18-17(12)23(16(24)11-20)15-10-8-7-9-13(15)21-19(18)25/h7-10H,4-6,11H2,1-3H3,(H,21,25). The van der Waals surface area contributed by atoms with Crippen molar-refractivity contribution in [2.75, 3.05) is 16.1 Å². The molecule has 0 bridgehead atoms. The topological polar surface area (TPSA) is 54.3 Å². The second kappa shape index (κ2) is 6.92. The Kier molecular flexibility index (Phi) is 4.86. The molecule has 2 aromatic rings. The first kappa shape index (κ1) is 17.5. The van der Waals surface area contributed by atoms with Gasteiger partial charge in [0.2, 0.25) is 5.91 Å². The van der Waals surface area contributed by atoms with Crippen LogP contribution in [0.1, 0.15) is 42.5 Å². The lowest BCUT2D eigenvalue weighted by Crippen LogP contribution is -2.28. The van der Waals surface area contributed by atoms with Crippen molar-refractivity contribution < 1.29 is 9.59 Å². The summed E-state index contributed by atoms with van der Waals surface area (Å²) in [5.74, 6) is -0.579.